The van der Waals surface area contributed by atoms with Crippen LogP contribution < -0.4 is 5.73 Å². The third kappa shape index (κ3) is 3.55. The highest BCUT2D eigenvalue weighted by molar-refractivity contribution is 6.31. The van der Waals surface area contributed by atoms with E-state index in [1.165, 1.54) is 19.4 Å². The number of nitrogens with two attached hydrogens (primary N) is 1. The first-order valence-corrected chi connectivity index (χ1v) is 5.17. The minimum absolute atomic E-state index is 0.114. The van der Waals surface area contributed by atoms with Gasteiger partial charge in [-0.05, 0) is 6.07 Å². The fraction of sp³-hybridized carbons (Fsp3) is 0.400. The molecular formula is C10H13ClN2O4. The Morgan fingerprint density at radius 1 is 1.65 bits per heavy atom. The molecule has 0 aliphatic heterocycles. The molecular weight excluding hydrogens is 248 g/mol. The smallest absolute Gasteiger partial charge is 0.308 e. The Morgan fingerprint density at radius 2 is 2.29 bits per heavy atom. The summed E-state index contributed by atoms with van der Waals surface area (Å²) >= 11 is 5.62. The summed E-state index contributed by atoms with van der Waals surface area (Å²) in [6.07, 6.45) is -1.60. The summed E-state index contributed by atoms with van der Waals surface area (Å²) in [5.41, 5.74) is 5.98. The molecule has 17 heavy (non-hydrogen) atoms. The molecule has 0 radical (unpaired) electrons. The number of aliphatic hydroxyl groups is 2. The van der Waals surface area contributed by atoms with Gasteiger partial charge in [0.2, 0.25) is 0 Å². The zero-order valence-corrected chi connectivity index (χ0v) is 9.89. The third-order valence-corrected chi connectivity index (χ3v) is 2.51. The number of carbonyl (C=O) groups excluding carboxylic acids is 1. The molecule has 0 bridgehead atoms. The number of nitrogens with zero attached hydrogens (tertiary/aromatic N) is 1. The molecule has 0 aliphatic carbocycles. The van der Waals surface area contributed by atoms with Crippen LogP contribution >= 0.6 is 11.6 Å². The molecule has 0 aromatic carbocycles. The Morgan fingerprint density at radius 3 is 2.82 bits per heavy atom. The first-order valence-electron chi connectivity index (χ1n) is 4.79. The van der Waals surface area contributed by atoms with Crippen LogP contribution in [0, 0.1) is 0 Å². The van der Waals surface area contributed by atoms with E-state index in [-0.39, 0.29) is 22.8 Å². The minimum Gasteiger partial charge on any atom is -0.469 e. The van der Waals surface area contributed by atoms with Gasteiger partial charge in [0.25, 0.3) is 0 Å². The topological polar surface area (TPSA) is 106 Å². The predicted octanol–water partition coefficient (Wildman–Crippen LogP) is 0.275. The number of methoxy groups -OCH3 is 1. The lowest BCUT2D eigenvalue weighted by Crippen LogP contribution is -2.22. The molecule has 2 atom stereocenters. The zero-order chi connectivity index (χ0) is 13.0. The Bertz CT molecular complexity index is 413. The van der Waals surface area contributed by atoms with Gasteiger partial charge in [-0.3, -0.25) is 4.79 Å². The van der Waals surface area contributed by atoms with Crippen LogP contribution in [-0.4, -0.2) is 34.4 Å². The van der Waals surface area contributed by atoms with E-state index in [0.29, 0.717) is 0 Å². The number of halogens is 1. The normalized spacial score (nSPS) is 14.1. The fourth-order valence-corrected chi connectivity index (χ4v) is 1.34. The molecule has 2 unspecified atom stereocenters. The van der Waals surface area contributed by atoms with Crippen LogP contribution in [0.15, 0.2) is 12.3 Å². The number of pyridine rings is 1. The van der Waals surface area contributed by atoms with Crippen molar-refractivity contribution in [1.29, 1.82) is 0 Å². The lowest BCUT2D eigenvalue weighted by Gasteiger charge is -2.17. The first-order chi connectivity index (χ1) is 7.95. The summed E-state index contributed by atoms with van der Waals surface area (Å²) in [5.74, 6) is -0.619. The van der Waals surface area contributed by atoms with Crippen molar-refractivity contribution in [3.05, 3.63) is 23.0 Å². The zero-order valence-electron chi connectivity index (χ0n) is 9.13. The van der Waals surface area contributed by atoms with Gasteiger partial charge in [0.1, 0.15) is 6.10 Å². The second-order valence-electron chi connectivity index (χ2n) is 3.44. The van der Waals surface area contributed by atoms with Crippen molar-refractivity contribution in [2.45, 2.75) is 18.6 Å². The van der Waals surface area contributed by atoms with E-state index < -0.39 is 18.2 Å². The number of anilines is 1. The highest BCUT2D eigenvalue weighted by atomic mass is 35.5. The number of aliphatic hydroxyl groups excluding tert-OH is 2. The fourth-order valence-electron chi connectivity index (χ4n) is 1.23. The summed E-state index contributed by atoms with van der Waals surface area (Å²) in [6.45, 7) is 0. The number of nitrogen functional groups attached to an aromatic ring is 1. The van der Waals surface area contributed by atoms with Gasteiger partial charge in [-0.2, -0.15) is 0 Å². The third-order valence-electron chi connectivity index (χ3n) is 2.20. The lowest BCUT2D eigenvalue weighted by molar-refractivity contribution is -0.144. The Kier molecular flexibility index (Phi) is 4.68. The van der Waals surface area contributed by atoms with E-state index in [0.717, 1.165) is 0 Å². The average molecular weight is 261 g/mol. The van der Waals surface area contributed by atoms with Crippen LogP contribution in [0.25, 0.3) is 0 Å². The molecule has 1 heterocycles. The number of carbonyl (C=O) groups is 1. The molecule has 0 saturated carbocycles. The standard InChI is InChI=1S/C10H13ClN2O4/c1-17-8(15)3-7(14)9(16)5-2-6(12)10(11)13-4-5/h2,4,7,9,14,16H,3,12H2,1H3. The molecule has 7 heteroatoms. The van der Waals surface area contributed by atoms with Crippen molar-refractivity contribution in [3.63, 3.8) is 0 Å². The highest BCUT2D eigenvalue weighted by Gasteiger charge is 2.22. The maximum atomic E-state index is 10.9. The van der Waals surface area contributed by atoms with Crippen molar-refractivity contribution in [1.82, 2.24) is 4.98 Å². The molecule has 6 nitrogen and oxygen atoms in total. The van der Waals surface area contributed by atoms with E-state index >= 15 is 0 Å². The van der Waals surface area contributed by atoms with Gasteiger partial charge in [0.05, 0.1) is 25.3 Å². The predicted molar refractivity (Wildman–Crippen MR) is 61.3 cm³/mol. The molecule has 1 aromatic heterocycles. The van der Waals surface area contributed by atoms with Crippen LogP contribution in [0.2, 0.25) is 5.15 Å². The summed E-state index contributed by atoms with van der Waals surface area (Å²) in [4.78, 5) is 14.7. The molecule has 1 rings (SSSR count). The van der Waals surface area contributed by atoms with Crippen molar-refractivity contribution in [3.8, 4) is 0 Å². The van der Waals surface area contributed by atoms with Crippen molar-refractivity contribution in [2.75, 3.05) is 12.8 Å². The molecule has 0 saturated heterocycles. The summed E-state index contributed by atoms with van der Waals surface area (Å²) in [7, 11) is 1.20. The van der Waals surface area contributed by atoms with E-state index in [1.807, 2.05) is 0 Å². The number of hydrogen-bond donors (Lipinski definition) is 3. The second kappa shape index (κ2) is 5.81. The SMILES string of the molecule is COC(=O)CC(O)C(O)c1cnc(Cl)c(N)c1. The maximum Gasteiger partial charge on any atom is 0.308 e. The van der Waals surface area contributed by atoms with E-state index in [1.54, 1.807) is 0 Å². The van der Waals surface area contributed by atoms with Crippen molar-refractivity contribution >= 4 is 23.3 Å². The number of hydrogen-bond acceptors (Lipinski definition) is 6. The molecule has 0 aliphatic rings. The molecule has 0 spiro atoms. The number of esters is 1. The molecule has 1 aromatic rings. The number of rotatable bonds is 4. The summed E-state index contributed by atoms with van der Waals surface area (Å²) < 4.78 is 4.38. The van der Waals surface area contributed by atoms with Gasteiger partial charge in [-0.25, -0.2) is 4.98 Å². The lowest BCUT2D eigenvalue weighted by atomic mass is 10.0. The van der Waals surface area contributed by atoms with Gasteiger partial charge in [0.15, 0.2) is 5.15 Å². The average Bonchev–Trinajstić information content (AvgIpc) is 2.31. The molecule has 0 fully saturated rings. The van der Waals surface area contributed by atoms with Crippen LogP contribution in [0.5, 0.6) is 0 Å². The summed E-state index contributed by atoms with van der Waals surface area (Å²) in [5, 5.41) is 19.4. The quantitative estimate of drug-likeness (QED) is 0.530. The number of ether oxygens (including phenoxy) is 1. The van der Waals surface area contributed by atoms with Crippen LogP contribution in [0.3, 0.4) is 0 Å². The van der Waals surface area contributed by atoms with Gasteiger partial charge >= 0.3 is 5.97 Å². The molecule has 0 amide bonds. The van der Waals surface area contributed by atoms with Crippen molar-refractivity contribution < 1.29 is 19.7 Å². The van der Waals surface area contributed by atoms with E-state index in [2.05, 4.69) is 9.72 Å². The van der Waals surface area contributed by atoms with Crippen LogP contribution in [0.4, 0.5) is 5.69 Å². The van der Waals surface area contributed by atoms with Crippen LogP contribution in [-0.2, 0) is 9.53 Å². The van der Waals surface area contributed by atoms with E-state index in [4.69, 9.17) is 17.3 Å². The van der Waals surface area contributed by atoms with Gasteiger partial charge in [0, 0.05) is 11.8 Å². The molecule has 4 N–H and O–H groups in total. The number of aromatic nitrogens is 1. The monoisotopic (exact) mass is 260 g/mol. The Labute approximate surface area is 103 Å². The largest absolute Gasteiger partial charge is 0.469 e. The molecule has 94 valence electrons. The second-order valence-corrected chi connectivity index (χ2v) is 3.80. The Balaban J connectivity index is 2.77. The minimum atomic E-state index is -1.29. The maximum absolute atomic E-state index is 10.9. The van der Waals surface area contributed by atoms with Gasteiger partial charge in [-0.1, -0.05) is 11.6 Å². The summed E-state index contributed by atoms with van der Waals surface area (Å²) in [6, 6.07) is 1.39. The van der Waals surface area contributed by atoms with Gasteiger partial charge < -0.3 is 20.7 Å². The Hall–Kier alpha value is -1.37. The highest BCUT2D eigenvalue weighted by Crippen LogP contribution is 2.23. The van der Waals surface area contributed by atoms with E-state index in [9.17, 15) is 15.0 Å². The van der Waals surface area contributed by atoms with Crippen molar-refractivity contribution in [2.24, 2.45) is 0 Å². The van der Waals surface area contributed by atoms with Crippen LogP contribution in [0.1, 0.15) is 18.1 Å². The first kappa shape index (κ1) is 13.7. The van der Waals surface area contributed by atoms with Gasteiger partial charge in [-0.15, -0.1) is 0 Å².